The monoisotopic (exact) mass is 235 g/mol. The molecule has 2 atom stereocenters. The third-order valence-corrected chi connectivity index (χ3v) is 6.64. The normalized spacial score (nSPS) is 42.0. The van der Waals surface area contributed by atoms with Crippen molar-refractivity contribution in [1.29, 1.82) is 0 Å². The maximum Gasteiger partial charge on any atom is 0.0914 e. The zero-order chi connectivity index (χ0) is 10.5. The molecule has 0 bridgehead atoms. The Bertz CT molecular complexity index is 433. The van der Waals surface area contributed by atoms with Gasteiger partial charge < -0.3 is 0 Å². The first kappa shape index (κ1) is 9.79. The number of fused-ring (bicyclic) bond motifs is 3. The van der Waals surface area contributed by atoms with Gasteiger partial charge in [0.2, 0.25) is 0 Å². The minimum absolute atomic E-state index is 0.159. The molecule has 1 aliphatic carbocycles. The van der Waals surface area contributed by atoms with Gasteiger partial charge in [-0.25, -0.2) is 0 Å². The Hall–Kier alpha value is -0.410. The lowest BCUT2D eigenvalue weighted by Crippen LogP contribution is -2.44. The number of rotatable bonds is 0. The third kappa shape index (κ3) is 1.11. The summed E-state index contributed by atoms with van der Waals surface area (Å²) < 4.78 is 0. The average molecular weight is 235 g/mol. The van der Waals surface area contributed by atoms with Crippen molar-refractivity contribution >= 4 is 26.6 Å². The summed E-state index contributed by atoms with van der Waals surface area (Å²) in [5, 5.41) is 1.28. The zero-order valence-electron chi connectivity index (χ0n) is 8.86. The Kier molecular flexibility index (Phi) is 1.99. The van der Waals surface area contributed by atoms with Crippen LogP contribution in [-0.2, 0) is 0 Å². The fourth-order valence-corrected chi connectivity index (χ4v) is 5.65. The lowest BCUT2D eigenvalue weighted by molar-refractivity contribution is 0.274. The molecule has 0 aromatic rings. The van der Waals surface area contributed by atoms with E-state index in [9.17, 15) is 0 Å². The van der Waals surface area contributed by atoms with Gasteiger partial charge in [0.1, 0.15) is 0 Å². The number of allylic oxidation sites excluding steroid dienone is 5. The molecule has 2 aliphatic heterocycles. The van der Waals surface area contributed by atoms with Crippen LogP contribution in [0.3, 0.4) is 0 Å². The summed E-state index contributed by atoms with van der Waals surface area (Å²) in [4.78, 5) is 6.02. The second kappa shape index (κ2) is 3.05. The second-order valence-corrected chi connectivity index (χ2v) is 6.77. The molecule has 2 heterocycles. The van der Waals surface area contributed by atoms with Crippen molar-refractivity contribution < 1.29 is 0 Å². The third-order valence-electron chi connectivity index (χ3n) is 3.84. The molecule has 2 unspecified atom stereocenters. The van der Waals surface area contributed by atoms with Gasteiger partial charge in [0, 0.05) is 21.9 Å². The minimum Gasteiger partial charge on any atom is -0.253 e. The molecule has 15 heavy (non-hydrogen) atoms. The van der Waals surface area contributed by atoms with Crippen LogP contribution < -0.4 is 0 Å². The molecule has 0 radical (unpaired) electrons. The van der Waals surface area contributed by atoms with E-state index in [-0.39, 0.29) is 10.8 Å². The van der Waals surface area contributed by atoms with Crippen LogP contribution in [0, 0.1) is 10.8 Å². The summed E-state index contributed by atoms with van der Waals surface area (Å²) in [7, 11) is 3.70. The maximum atomic E-state index is 4.55. The van der Waals surface area contributed by atoms with Crippen molar-refractivity contribution in [3.8, 4) is 0 Å². The van der Waals surface area contributed by atoms with Crippen LogP contribution in [0.15, 0.2) is 40.4 Å². The van der Waals surface area contributed by atoms with E-state index in [4.69, 9.17) is 0 Å². The maximum absolute atomic E-state index is 4.55. The van der Waals surface area contributed by atoms with Gasteiger partial charge in [-0.1, -0.05) is 48.9 Å². The van der Waals surface area contributed by atoms with Crippen molar-refractivity contribution in [1.82, 2.24) is 0 Å². The molecule has 1 saturated heterocycles. The van der Waals surface area contributed by atoms with Gasteiger partial charge >= 0.3 is 0 Å². The van der Waals surface area contributed by atoms with Crippen LogP contribution in [0.25, 0.3) is 0 Å². The molecule has 0 spiro atoms. The highest BCUT2D eigenvalue weighted by Gasteiger charge is 2.53. The Labute approximate surface area is 98.2 Å². The summed E-state index contributed by atoms with van der Waals surface area (Å²) in [6.45, 7) is 4.68. The molecule has 0 aromatic carbocycles. The smallest absolute Gasteiger partial charge is 0.0914 e. The van der Waals surface area contributed by atoms with Crippen molar-refractivity contribution in [3.05, 3.63) is 35.4 Å². The lowest BCUT2D eigenvalue weighted by atomic mass is 9.64. The van der Waals surface area contributed by atoms with Gasteiger partial charge in [-0.15, -0.1) is 0 Å². The van der Waals surface area contributed by atoms with E-state index in [1.54, 1.807) is 0 Å². The number of nitrogens with zero attached hydrogens (tertiary/aromatic N) is 1. The molecule has 3 rings (SSSR count). The summed E-state index contributed by atoms with van der Waals surface area (Å²) in [6.07, 6.45) is 12.0. The van der Waals surface area contributed by atoms with Gasteiger partial charge in [0.15, 0.2) is 0 Å². The van der Waals surface area contributed by atoms with E-state index in [0.717, 1.165) is 6.42 Å². The van der Waals surface area contributed by atoms with Crippen LogP contribution >= 0.6 is 21.6 Å². The second-order valence-electron chi connectivity index (χ2n) is 4.61. The molecule has 0 saturated carbocycles. The van der Waals surface area contributed by atoms with Crippen molar-refractivity contribution in [3.63, 3.8) is 0 Å². The molecular weight excluding hydrogens is 222 g/mol. The molecule has 1 fully saturated rings. The fourth-order valence-electron chi connectivity index (χ4n) is 2.42. The fraction of sp³-hybridized carbons (Fsp3) is 0.417. The van der Waals surface area contributed by atoms with Crippen LogP contribution in [0.4, 0.5) is 0 Å². The number of hydrogen-bond donors (Lipinski definition) is 0. The summed E-state index contributed by atoms with van der Waals surface area (Å²) >= 11 is 0. The van der Waals surface area contributed by atoms with E-state index in [1.807, 2.05) is 27.8 Å². The zero-order valence-corrected chi connectivity index (χ0v) is 10.5. The Morgan fingerprint density at radius 3 is 3.07 bits per heavy atom. The molecule has 0 aromatic heterocycles. The first-order valence-corrected chi connectivity index (χ1v) is 7.30. The largest absolute Gasteiger partial charge is 0.253 e. The summed E-state index contributed by atoms with van der Waals surface area (Å²) in [6, 6.07) is 0. The van der Waals surface area contributed by atoms with E-state index in [1.165, 1.54) is 9.95 Å². The summed E-state index contributed by atoms with van der Waals surface area (Å²) in [5.74, 6) is 0. The Morgan fingerprint density at radius 2 is 2.20 bits per heavy atom. The molecule has 0 N–H and O–H groups in total. The predicted molar refractivity (Wildman–Crippen MR) is 69.8 cm³/mol. The van der Waals surface area contributed by atoms with Gasteiger partial charge in [0.05, 0.1) is 5.04 Å². The first-order valence-electron chi connectivity index (χ1n) is 5.15. The van der Waals surface area contributed by atoms with Gasteiger partial charge in [0.25, 0.3) is 0 Å². The highest BCUT2D eigenvalue weighted by molar-refractivity contribution is 8.83. The topological polar surface area (TPSA) is 12.4 Å². The van der Waals surface area contributed by atoms with Crippen molar-refractivity contribution in [2.24, 2.45) is 15.8 Å². The van der Waals surface area contributed by atoms with E-state index in [0.29, 0.717) is 0 Å². The Balaban J connectivity index is 2.16. The van der Waals surface area contributed by atoms with Gasteiger partial charge in [-0.05, 0) is 17.2 Å². The van der Waals surface area contributed by atoms with Gasteiger partial charge in [-0.2, -0.15) is 0 Å². The van der Waals surface area contributed by atoms with Crippen molar-refractivity contribution in [2.75, 3.05) is 0 Å². The molecule has 3 heteroatoms. The highest BCUT2D eigenvalue weighted by Crippen LogP contribution is 2.64. The Morgan fingerprint density at radius 1 is 1.33 bits per heavy atom. The minimum atomic E-state index is 0.159. The average Bonchev–Trinajstić information content (AvgIpc) is 2.61. The van der Waals surface area contributed by atoms with E-state index in [2.05, 4.69) is 43.1 Å². The standard InChI is InChI=1S/C12H13NS2/c1-11-6-3-5-9(11)14-15-10-12(11,2)7-4-8-13-10/h3-6,8H,7H2,1-2H3. The SMILES string of the molecule is CC12C=CC=C1SSC1=NC=CCC12C. The number of hydrogen-bond acceptors (Lipinski definition) is 3. The summed E-state index contributed by atoms with van der Waals surface area (Å²) in [5.41, 5.74) is 0.322. The van der Waals surface area contributed by atoms with Crippen LogP contribution in [0.1, 0.15) is 20.3 Å². The molecule has 0 amide bonds. The lowest BCUT2D eigenvalue weighted by Gasteiger charge is -2.48. The van der Waals surface area contributed by atoms with E-state index >= 15 is 0 Å². The molecule has 3 aliphatic rings. The highest BCUT2D eigenvalue weighted by atomic mass is 33.1. The van der Waals surface area contributed by atoms with Crippen LogP contribution in [0.5, 0.6) is 0 Å². The van der Waals surface area contributed by atoms with Crippen LogP contribution in [0.2, 0.25) is 0 Å². The van der Waals surface area contributed by atoms with Crippen molar-refractivity contribution in [2.45, 2.75) is 20.3 Å². The van der Waals surface area contributed by atoms with Gasteiger partial charge in [-0.3, -0.25) is 4.99 Å². The number of aliphatic imine (C=N–C) groups is 1. The molecular formula is C12H13NS2. The molecule has 1 nitrogen and oxygen atoms in total. The molecule has 78 valence electrons. The van der Waals surface area contributed by atoms with Crippen LogP contribution in [-0.4, -0.2) is 5.04 Å². The van der Waals surface area contributed by atoms with E-state index < -0.39 is 0 Å². The predicted octanol–water partition coefficient (Wildman–Crippen LogP) is 4.16. The quantitative estimate of drug-likeness (QED) is 0.584. The first-order chi connectivity index (χ1) is 7.17.